The molecule has 0 spiro atoms. The van der Waals surface area contributed by atoms with Crippen LogP contribution in [-0.4, -0.2) is 17.9 Å². The van der Waals surface area contributed by atoms with E-state index in [4.69, 9.17) is 5.73 Å². The normalized spacial score (nSPS) is 31.9. The van der Waals surface area contributed by atoms with Crippen molar-refractivity contribution in [2.75, 3.05) is 0 Å². The highest BCUT2D eigenvalue weighted by Gasteiger charge is 2.32. The average molecular weight is 142 g/mol. The maximum atomic E-state index is 10.6. The summed E-state index contributed by atoms with van der Waals surface area (Å²) in [6.07, 6.45) is 0.247. The maximum absolute atomic E-state index is 10.6. The van der Waals surface area contributed by atoms with Gasteiger partial charge in [-0.05, 0) is 6.92 Å². The molecule has 4 nitrogen and oxygen atoms in total. The lowest BCUT2D eigenvalue weighted by Gasteiger charge is -2.07. The fourth-order valence-corrected chi connectivity index (χ4v) is 1.14. The Morgan fingerprint density at radius 3 is 2.60 bits per heavy atom. The van der Waals surface area contributed by atoms with E-state index in [1.165, 1.54) is 0 Å². The molecule has 0 aromatic carbocycles. The van der Waals surface area contributed by atoms with Gasteiger partial charge in [-0.25, -0.2) is 0 Å². The summed E-state index contributed by atoms with van der Waals surface area (Å²) in [7, 11) is 0. The van der Waals surface area contributed by atoms with Crippen LogP contribution in [0.4, 0.5) is 0 Å². The Bertz CT molecular complexity index is 179. The van der Waals surface area contributed by atoms with E-state index in [1.807, 2.05) is 0 Å². The number of hydrogen-bond acceptors (Lipinski definition) is 2. The minimum Gasteiger partial charge on any atom is -0.369 e. The predicted octanol–water partition coefficient (Wildman–Crippen LogP) is -1.00. The SMILES string of the molecule is CC1NC(=O)CC1C(N)=O. The standard InChI is InChI=1S/C6H10N2O2/c1-3-4(6(7)10)2-5(9)8-3/h3-4H,2H2,1H3,(H2,7,10)(H,8,9). The molecule has 2 unspecified atom stereocenters. The lowest BCUT2D eigenvalue weighted by Crippen LogP contribution is -2.32. The molecular formula is C6H10N2O2. The molecule has 4 heteroatoms. The first-order valence-corrected chi connectivity index (χ1v) is 3.20. The van der Waals surface area contributed by atoms with Crippen molar-refractivity contribution in [3.8, 4) is 0 Å². The summed E-state index contributed by atoms with van der Waals surface area (Å²) in [6, 6.07) is -0.0926. The van der Waals surface area contributed by atoms with E-state index in [1.54, 1.807) is 6.92 Å². The van der Waals surface area contributed by atoms with Crippen LogP contribution in [0.2, 0.25) is 0 Å². The Labute approximate surface area is 58.8 Å². The molecular weight excluding hydrogens is 132 g/mol. The zero-order chi connectivity index (χ0) is 7.72. The van der Waals surface area contributed by atoms with Crippen molar-refractivity contribution >= 4 is 11.8 Å². The quantitative estimate of drug-likeness (QED) is 0.492. The van der Waals surface area contributed by atoms with Crippen LogP contribution in [0.25, 0.3) is 0 Å². The summed E-state index contributed by atoms with van der Waals surface area (Å²) in [5.41, 5.74) is 5.02. The first-order valence-electron chi connectivity index (χ1n) is 3.20. The Morgan fingerprint density at radius 2 is 2.40 bits per heavy atom. The number of amides is 2. The average Bonchev–Trinajstić information content (AvgIpc) is 2.10. The first-order chi connectivity index (χ1) is 4.61. The molecule has 0 aromatic heterocycles. The van der Waals surface area contributed by atoms with Crippen molar-refractivity contribution in [1.29, 1.82) is 0 Å². The van der Waals surface area contributed by atoms with Crippen LogP contribution < -0.4 is 11.1 Å². The number of nitrogens with one attached hydrogen (secondary N) is 1. The Morgan fingerprint density at radius 1 is 1.80 bits per heavy atom. The lowest BCUT2D eigenvalue weighted by atomic mass is 10.0. The highest BCUT2D eigenvalue weighted by molar-refractivity contribution is 5.89. The number of nitrogens with two attached hydrogens (primary N) is 1. The van der Waals surface area contributed by atoms with Gasteiger partial charge in [-0.1, -0.05) is 0 Å². The third-order valence-corrected chi connectivity index (χ3v) is 1.76. The monoisotopic (exact) mass is 142 g/mol. The number of primary amides is 1. The van der Waals surface area contributed by atoms with Gasteiger partial charge in [0.25, 0.3) is 0 Å². The summed E-state index contributed by atoms with van der Waals surface area (Å²) in [4.78, 5) is 21.2. The Hall–Kier alpha value is -1.06. The molecule has 1 fully saturated rings. The van der Waals surface area contributed by atoms with E-state index in [9.17, 15) is 9.59 Å². The molecule has 1 saturated heterocycles. The van der Waals surface area contributed by atoms with Gasteiger partial charge in [-0.2, -0.15) is 0 Å². The maximum Gasteiger partial charge on any atom is 0.223 e. The van der Waals surface area contributed by atoms with Crippen molar-refractivity contribution in [3.05, 3.63) is 0 Å². The van der Waals surface area contributed by atoms with E-state index in [0.29, 0.717) is 0 Å². The van der Waals surface area contributed by atoms with E-state index in [0.717, 1.165) is 0 Å². The molecule has 10 heavy (non-hydrogen) atoms. The molecule has 1 heterocycles. The molecule has 2 atom stereocenters. The molecule has 2 amide bonds. The van der Waals surface area contributed by atoms with E-state index in [2.05, 4.69) is 5.32 Å². The second-order valence-corrected chi connectivity index (χ2v) is 2.57. The van der Waals surface area contributed by atoms with Crippen LogP contribution in [0, 0.1) is 5.92 Å². The second-order valence-electron chi connectivity index (χ2n) is 2.57. The minimum absolute atomic E-state index is 0.0868. The topological polar surface area (TPSA) is 72.2 Å². The summed E-state index contributed by atoms with van der Waals surface area (Å²) < 4.78 is 0. The van der Waals surface area contributed by atoms with Gasteiger partial charge in [-0.3, -0.25) is 9.59 Å². The molecule has 0 aliphatic carbocycles. The number of rotatable bonds is 1. The van der Waals surface area contributed by atoms with Crippen molar-refractivity contribution in [2.24, 2.45) is 11.7 Å². The van der Waals surface area contributed by atoms with Crippen molar-refractivity contribution in [1.82, 2.24) is 5.32 Å². The van der Waals surface area contributed by atoms with Crippen LogP contribution in [0.1, 0.15) is 13.3 Å². The first kappa shape index (κ1) is 7.05. The minimum atomic E-state index is -0.397. The van der Waals surface area contributed by atoms with Gasteiger partial charge >= 0.3 is 0 Å². The van der Waals surface area contributed by atoms with Crippen LogP contribution in [0.5, 0.6) is 0 Å². The van der Waals surface area contributed by atoms with E-state index < -0.39 is 5.91 Å². The second kappa shape index (κ2) is 2.28. The fourth-order valence-electron chi connectivity index (χ4n) is 1.14. The van der Waals surface area contributed by atoms with Crippen LogP contribution in [0.3, 0.4) is 0 Å². The number of carbonyl (C=O) groups excluding carboxylic acids is 2. The number of carbonyl (C=O) groups is 2. The highest BCUT2D eigenvalue weighted by atomic mass is 16.2. The molecule has 3 N–H and O–H groups in total. The summed E-state index contributed by atoms with van der Waals surface area (Å²) in [5.74, 6) is -0.797. The van der Waals surface area contributed by atoms with Crippen molar-refractivity contribution < 1.29 is 9.59 Å². The third-order valence-electron chi connectivity index (χ3n) is 1.76. The molecule has 0 saturated carbocycles. The molecule has 1 aliphatic rings. The van der Waals surface area contributed by atoms with Crippen molar-refractivity contribution in [3.63, 3.8) is 0 Å². The van der Waals surface area contributed by atoms with E-state index >= 15 is 0 Å². The molecule has 0 aromatic rings. The Kier molecular flexibility index (Phi) is 1.61. The van der Waals surface area contributed by atoms with Gasteiger partial charge in [0, 0.05) is 12.5 Å². The van der Waals surface area contributed by atoms with Crippen molar-refractivity contribution in [2.45, 2.75) is 19.4 Å². The molecule has 56 valence electrons. The summed E-state index contributed by atoms with van der Waals surface area (Å²) >= 11 is 0. The van der Waals surface area contributed by atoms with Crippen LogP contribution >= 0.6 is 0 Å². The van der Waals surface area contributed by atoms with Crippen LogP contribution in [0.15, 0.2) is 0 Å². The van der Waals surface area contributed by atoms with Gasteiger partial charge in [0.05, 0.1) is 5.92 Å². The summed E-state index contributed by atoms with van der Waals surface area (Å²) in [6.45, 7) is 1.78. The Balaban J connectivity index is 2.63. The third kappa shape index (κ3) is 1.10. The lowest BCUT2D eigenvalue weighted by molar-refractivity contribution is -0.124. The van der Waals surface area contributed by atoms with Crippen LogP contribution in [-0.2, 0) is 9.59 Å². The van der Waals surface area contributed by atoms with E-state index in [-0.39, 0.29) is 24.3 Å². The molecule has 0 radical (unpaired) electrons. The fraction of sp³-hybridized carbons (Fsp3) is 0.667. The van der Waals surface area contributed by atoms with Gasteiger partial charge in [0.2, 0.25) is 11.8 Å². The molecule has 1 rings (SSSR count). The molecule has 1 aliphatic heterocycles. The highest BCUT2D eigenvalue weighted by Crippen LogP contribution is 2.14. The van der Waals surface area contributed by atoms with Gasteiger partial charge in [-0.15, -0.1) is 0 Å². The zero-order valence-corrected chi connectivity index (χ0v) is 5.76. The number of hydrogen-bond donors (Lipinski definition) is 2. The smallest absolute Gasteiger partial charge is 0.223 e. The largest absolute Gasteiger partial charge is 0.369 e. The molecule has 0 bridgehead atoms. The van der Waals surface area contributed by atoms with Gasteiger partial charge in [0.1, 0.15) is 0 Å². The zero-order valence-electron chi connectivity index (χ0n) is 5.76. The predicted molar refractivity (Wildman–Crippen MR) is 34.9 cm³/mol. The summed E-state index contributed by atoms with van der Waals surface area (Å²) in [5, 5.41) is 2.61. The van der Waals surface area contributed by atoms with Gasteiger partial charge in [0.15, 0.2) is 0 Å². The van der Waals surface area contributed by atoms with Gasteiger partial charge < -0.3 is 11.1 Å².